The van der Waals surface area contributed by atoms with Crippen LogP contribution >= 0.6 is 0 Å². The van der Waals surface area contributed by atoms with Crippen molar-refractivity contribution in [2.24, 2.45) is 10.3 Å². The van der Waals surface area contributed by atoms with Crippen molar-refractivity contribution in [3.05, 3.63) is 0 Å². The fourth-order valence-corrected chi connectivity index (χ4v) is 1.66. The first kappa shape index (κ1) is 11.0. The molecule has 0 radical (unpaired) electrons. The van der Waals surface area contributed by atoms with Gasteiger partial charge in [-0.3, -0.25) is 0 Å². The molecule has 0 unspecified atom stereocenters. The summed E-state index contributed by atoms with van der Waals surface area (Å²) in [6, 6.07) is 0. The van der Waals surface area contributed by atoms with Gasteiger partial charge in [0.05, 0.1) is 18.9 Å². The third kappa shape index (κ3) is 2.97. The highest BCUT2D eigenvalue weighted by Crippen LogP contribution is 2.20. The van der Waals surface area contributed by atoms with E-state index in [-0.39, 0.29) is 4.75 Å². The average Bonchev–Trinajstić information content (AvgIpc) is 2.34. The highest BCUT2D eigenvalue weighted by Gasteiger charge is 2.29. The van der Waals surface area contributed by atoms with E-state index in [0.717, 1.165) is 5.71 Å². The Morgan fingerprint density at radius 2 is 2.15 bits per heavy atom. The molecular formula is C9H17NO2S. The molecule has 1 saturated heterocycles. The Labute approximate surface area is 82.9 Å². The lowest BCUT2D eigenvalue weighted by Gasteiger charge is -2.18. The van der Waals surface area contributed by atoms with Crippen molar-refractivity contribution in [1.29, 1.82) is 0 Å². The summed E-state index contributed by atoms with van der Waals surface area (Å²) < 4.78 is 20.8. The van der Waals surface area contributed by atoms with E-state index in [2.05, 4.69) is 4.40 Å². The van der Waals surface area contributed by atoms with Crippen molar-refractivity contribution in [1.82, 2.24) is 0 Å². The van der Waals surface area contributed by atoms with Gasteiger partial charge in [0.2, 0.25) is 0 Å². The summed E-state index contributed by atoms with van der Waals surface area (Å²) in [5, 5.41) is 0. The zero-order chi connectivity index (χ0) is 10.1. The molecule has 76 valence electrons. The summed E-state index contributed by atoms with van der Waals surface area (Å²) in [5.41, 5.74) is 0.938. The van der Waals surface area contributed by atoms with E-state index < -0.39 is 11.4 Å². The molecule has 0 aromatic rings. The van der Waals surface area contributed by atoms with E-state index in [1.807, 2.05) is 27.7 Å². The number of hydrogen-bond acceptors (Lipinski definition) is 3. The molecule has 0 aromatic heterocycles. The van der Waals surface area contributed by atoms with Crippen molar-refractivity contribution in [2.45, 2.75) is 32.4 Å². The van der Waals surface area contributed by atoms with Crippen LogP contribution < -0.4 is 0 Å². The highest BCUT2D eigenvalue weighted by molar-refractivity contribution is 7.91. The van der Waals surface area contributed by atoms with E-state index >= 15 is 0 Å². The molecule has 1 rings (SSSR count). The Morgan fingerprint density at radius 1 is 1.54 bits per heavy atom. The molecule has 1 aliphatic rings. The first-order valence-electron chi connectivity index (χ1n) is 4.48. The zero-order valence-electron chi connectivity index (χ0n) is 8.66. The molecule has 0 aliphatic carbocycles. The number of rotatable bonds is 1. The molecule has 3 nitrogen and oxygen atoms in total. The van der Waals surface area contributed by atoms with E-state index in [4.69, 9.17) is 4.74 Å². The minimum absolute atomic E-state index is 0.269. The van der Waals surface area contributed by atoms with Crippen LogP contribution in [0.5, 0.6) is 0 Å². The second kappa shape index (κ2) is 3.98. The average molecular weight is 203 g/mol. The Balaban J connectivity index is 2.64. The molecule has 2 atom stereocenters. The molecule has 13 heavy (non-hydrogen) atoms. The summed E-state index contributed by atoms with van der Waals surface area (Å²) in [7, 11) is 0. The van der Waals surface area contributed by atoms with Gasteiger partial charge in [-0.1, -0.05) is 11.3 Å². The minimum atomic E-state index is -1.14. The van der Waals surface area contributed by atoms with E-state index in [1.165, 1.54) is 0 Å². The predicted molar refractivity (Wildman–Crippen MR) is 55.3 cm³/mol. The van der Waals surface area contributed by atoms with E-state index in [9.17, 15) is 4.55 Å². The van der Waals surface area contributed by atoms with E-state index in [1.54, 1.807) is 0 Å². The maximum Gasteiger partial charge on any atom is 0.144 e. The summed E-state index contributed by atoms with van der Waals surface area (Å²) in [6.07, 6.45) is 0. The first-order chi connectivity index (χ1) is 5.91. The van der Waals surface area contributed by atoms with Crippen molar-refractivity contribution >= 4 is 17.1 Å². The molecular weight excluding hydrogens is 186 g/mol. The number of ether oxygens (including phenoxy) is 1. The van der Waals surface area contributed by atoms with Gasteiger partial charge in [-0.05, 0) is 20.8 Å². The van der Waals surface area contributed by atoms with Gasteiger partial charge in [0, 0.05) is 5.92 Å². The molecule has 0 amide bonds. The lowest BCUT2D eigenvalue weighted by atomic mass is 10.1. The van der Waals surface area contributed by atoms with Gasteiger partial charge in [-0.2, -0.15) is 0 Å². The van der Waals surface area contributed by atoms with Gasteiger partial charge < -0.3 is 9.29 Å². The number of nitrogens with zero attached hydrogens (tertiary/aromatic N) is 1. The molecule has 0 N–H and O–H groups in total. The Kier molecular flexibility index (Phi) is 3.38. The van der Waals surface area contributed by atoms with Gasteiger partial charge in [-0.25, -0.2) is 0 Å². The fraction of sp³-hybridized carbons (Fsp3) is 0.889. The zero-order valence-corrected chi connectivity index (χ0v) is 9.48. The van der Waals surface area contributed by atoms with Crippen LogP contribution in [0, 0.1) is 5.92 Å². The van der Waals surface area contributed by atoms with E-state index in [0.29, 0.717) is 19.1 Å². The van der Waals surface area contributed by atoms with Crippen molar-refractivity contribution in [2.75, 3.05) is 13.2 Å². The van der Waals surface area contributed by atoms with Gasteiger partial charge >= 0.3 is 0 Å². The van der Waals surface area contributed by atoms with Crippen molar-refractivity contribution in [3.8, 4) is 0 Å². The van der Waals surface area contributed by atoms with Crippen molar-refractivity contribution in [3.63, 3.8) is 0 Å². The molecule has 1 aliphatic heterocycles. The molecule has 4 heteroatoms. The van der Waals surface area contributed by atoms with Gasteiger partial charge in [-0.15, -0.1) is 0 Å². The van der Waals surface area contributed by atoms with Gasteiger partial charge in [0.15, 0.2) is 0 Å². The maximum absolute atomic E-state index is 11.6. The smallest absolute Gasteiger partial charge is 0.144 e. The monoisotopic (exact) mass is 203 g/mol. The van der Waals surface area contributed by atoms with Crippen LogP contribution in [0.2, 0.25) is 0 Å². The van der Waals surface area contributed by atoms with Crippen LogP contribution in [0.4, 0.5) is 0 Å². The third-order valence-electron chi connectivity index (χ3n) is 1.91. The Hall–Kier alpha value is -0.0600. The molecule has 0 bridgehead atoms. The summed E-state index contributed by atoms with van der Waals surface area (Å²) >= 11 is -1.14. The second-order valence-electron chi connectivity index (χ2n) is 4.36. The maximum atomic E-state index is 11.6. The highest BCUT2D eigenvalue weighted by atomic mass is 32.2. The first-order valence-corrected chi connectivity index (χ1v) is 5.59. The summed E-state index contributed by atoms with van der Waals surface area (Å²) in [5.74, 6) is 0.325. The largest absolute Gasteiger partial charge is 0.591 e. The molecule has 1 heterocycles. The van der Waals surface area contributed by atoms with Crippen LogP contribution in [0.25, 0.3) is 0 Å². The molecule has 0 spiro atoms. The summed E-state index contributed by atoms with van der Waals surface area (Å²) in [4.78, 5) is 0. The molecule has 0 saturated carbocycles. The van der Waals surface area contributed by atoms with Crippen LogP contribution in [0.15, 0.2) is 4.40 Å². The topological polar surface area (TPSA) is 44.6 Å². The summed E-state index contributed by atoms with van der Waals surface area (Å²) in [6.45, 7) is 9.07. The Bertz CT molecular complexity index is 210. The lowest BCUT2D eigenvalue weighted by molar-refractivity contribution is 0.193. The molecule has 1 fully saturated rings. The standard InChI is InChI=1S/C9H17NO2S/c1-7-5-12-6-8(7)10-13(11)9(2,3)4/h7H,5-6H2,1-4H3/b10-8+/t7-,13+/m0/s1. The SMILES string of the molecule is C[C@H]1COC/C1=N\[S@+]([O-])C(C)(C)C. The van der Waals surface area contributed by atoms with Gasteiger partial charge in [0.1, 0.15) is 16.1 Å². The Morgan fingerprint density at radius 3 is 2.54 bits per heavy atom. The van der Waals surface area contributed by atoms with Crippen LogP contribution in [0.1, 0.15) is 27.7 Å². The second-order valence-corrected chi connectivity index (χ2v) is 6.27. The van der Waals surface area contributed by atoms with Gasteiger partial charge in [0.25, 0.3) is 0 Å². The molecule has 0 aromatic carbocycles. The van der Waals surface area contributed by atoms with Crippen molar-refractivity contribution < 1.29 is 9.29 Å². The normalized spacial score (nSPS) is 29.6. The van der Waals surface area contributed by atoms with Crippen LogP contribution in [0.3, 0.4) is 0 Å². The predicted octanol–water partition coefficient (Wildman–Crippen LogP) is 1.56. The van der Waals surface area contributed by atoms with Crippen LogP contribution in [-0.2, 0) is 16.1 Å². The quantitative estimate of drug-likeness (QED) is 0.607. The fourth-order valence-electron chi connectivity index (χ4n) is 0.938. The third-order valence-corrected chi connectivity index (χ3v) is 3.36. The lowest BCUT2D eigenvalue weighted by Crippen LogP contribution is -2.27. The minimum Gasteiger partial charge on any atom is -0.591 e. The van der Waals surface area contributed by atoms with Crippen LogP contribution in [-0.4, -0.2) is 28.2 Å². The number of hydrogen-bond donors (Lipinski definition) is 0.